The maximum Gasteiger partial charge on any atom is 0.228 e. The summed E-state index contributed by atoms with van der Waals surface area (Å²) in [6.07, 6.45) is 3.06. The van der Waals surface area contributed by atoms with E-state index in [1.807, 2.05) is 18.0 Å². The lowest BCUT2D eigenvalue weighted by Gasteiger charge is -2.17. The Morgan fingerprint density at radius 2 is 2.11 bits per heavy atom. The average Bonchev–Trinajstić information content (AvgIpc) is 3.06. The number of rotatable bonds is 3. The van der Waals surface area contributed by atoms with E-state index in [4.69, 9.17) is 0 Å². The molecule has 0 bridgehead atoms. The maximum atomic E-state index is 12.2. The number of nitrogens with one attached hydrogen (secondary N) is 1. The molecule has 2 aliphatic rings. The summed E-state index contributed by atoms with van der Waals surface area (Å²) in [7, 11) is 1.88. The molecule has 1 amide bonds. The Hall–Kier alpha value is -1.06. The minimum atomic E-state index is 0. The summed E-state index contributed by atoms with van der Waals surface area (Å²) >= 11 is 0. The van der Waals surface area contributed by atoms with Gasteiger partial charge in [0.1, 0.15) is 0 Å². The summed E-state index contributed by atoms with van der Waals surface area (Å²) in [5, 5.41) is 3.03. The van der Waals surface area contributed by atoms with Crippen LogP contribution in [0.15, 0.2) is 24.3 Å². The molecule has 1 spiro atoms. The van der Waals surface area contributed by atoms with E-state index in [9.17, 15) is 4.79 Å². The van der Waals surface area contributed by atoms with Gasteiger partial charge in [-0.3, -0.25) is 4.79 Å². The molecule has 3 rings (SSSR count). The maximum absolute atomic E-state index is 12.2. The zero-order valence-electron chi connectivity index (χ0n) is 10.6. The molecule has 1 saturated carbocycles. The number of benzene rings is 1. The van der Waals surface area contributed by atoms with Gasteiger partial charge in [-0.2, -0.15) is 0 Å². The predicted molar refractivity (Wildman–Crippen MR) is 75.5 cm³/mol. The van der Waals surface area contributed by atoms with E-state index in [1.165, 1.54) is 18.4 Å². The van der Waals surface area contributed by atoms with Crippen LogP contribution < -0.4 is 10.2 Å². The van der Waals surface area contributed by atoms with Crippen molar-refractivity contribution in [2.24, 2.45) is 0 Å². The molecule has 1 aromatic rings. The normalized spacial score (nSPS) is 18.4. The summed E-state index contributed by atoms with van der Waals surface area (Å²) in [6.45, 7) is 1.65. The van der Waals surface area contributed by atoms with Crippen LogP contribution in [0.5, 0.6) is 0 Å². The third-order valence-corrected chi connectivity index (χ3v) is 3.97. The van der Waals surface area contributed by atoms with Crippen LogP contribution in [0.25, 0.3) is 0 Å². The molecule has 18 heavy (non-hydrogen) atoms. The van der Waals surface area contributed by atoms with Crippen LogP contribution >= 0.6 is 12.4 Å². The molecule has 0 atom stereocenters. The second-order valence-electron chi connectivity index (χ2n) is 5.13. The van der Waals surface area contributed by atoms with Crippen molar-refractivity contribution >= 4 is 24.0 Å². The zero-order chi connectivity index (χ0) is 11.9. The molecular formula is C14H19ClN2O. The first-order valence-corrected chi connectivity index (χ1v) is 6.31. The fourth-order valence-electron chi connectivity index (χ4n) is 2.80. The molecule has 0 saturated heterocycles. The highest BCUT2D eigenvalue weighted by Crippen LogP contribution is 2.56. The number of hydrogen-bond acceptors (Lipinski definition) is 2. The quantitative estimate of drug-likeness (QED) is 0.909. The highest BCUT2D eigenvalue weighted by molar-refractivity contribution is 5.96. The Bertz CT molecular complexity index is 457. The van der Waals surface area contributed by atoms with Gasteiger partial charge < -0.3 is 10.2 Å². The number of carbonyl (C=O) groups is 1. The molecule has 1 aliphatic carbocycles. The monoisotopic (exact) mass is 266 g/mol. The Balaban J connectivity index is 0.00000120. The zero-order valence-corrected chi connectivity index (χ0v) is 11.4. The van der Waals surface area contributed by atoms with Crippen LogP contribution in [0.3, 0.4) is 0 Å². The molecule has 1 aliphatic heterocycles. The molecule has 1 N–H and O–H groups in total. The number of hydrogen-bond donors (Lipinski definition) is 1. The number of anilines is 1. The lowest BCUT2D eigenvalue weighted by molar-refractivity contribution is -0.118. The molecule has 0 radical (unpaired) electrons. The van der Waals surface area contributed by atoms with Crippen molar-refractivity contribution in [1.82, 2.24) is 5.32 Å². The predicted octanol–water partition coefficient (Wildman–Crippen LogP) is 2.10. The lowest BCUT2D eigenvalue weighted by atomic mass is 9.99. The third-order valence-electron chi connectivity index (χ3n) is 3.97. The van der Waals surface area contributed by atoms with E-state index in [-0.39, 0.29) is 18.3 Å². The van der Waals surface area contributed by atoms with Crippen molar-refractivity contribution in [3.05, 3.63) is 29.8 Å². The molecule has 1 aromatic carbocycles. The summed E-state index contributed by atoms with van der Waals surface area (Å²) in [5.74, 6) is 0.246. The Morgan fingerprint density at radius 1 is 1.39 bits per heavy atom. The van der Waals surface area contributed by atoms with Gasteiger partial charge in [0.15, 0.2) is 0 Å². The number of halogens is 1. The number of carbonyl (C=O) groups excluding carboxylic acids is 1. The highest BCUT2D eigenvalue weighted by Gasteiger charge is 2.52. The number of para-hydroxylation sites is 1. The van der Waals surface area contributed by atoms with Crippen LogP contribution in [0.4, 0.5) is 5.69 Å². The van der Waals surface area contributed by atoms with Gasteiger partial charge in [0.2, 0.25) is 5.91 Å². The third kappa shape index (κ3) is 2.02. The van der Waals surface area contributed by atoms with Crippen molar-refractivity contribution in [2.75, 3.05) is 25.0 Å². The van der Waals surface area contributed by atoms with Crippen molar-refractivity contribution < 1.29 is 4.79 Å². The van der Waals surface area contributed by atoms with Crippen LogP contribution in [-0.4, -0.2) is 26.0 Å². The highest BCUT2D eigenvalue weighted by atomic mass is 35.5. The minimum Gasteiger partial charge on any atom is -0.319 e. The Morgan fingerprint density at radius 3 is 2.78 bits per heavy atom. The first kappa shape index (κ1) is 13.4. The van der Waals surface area contributed by atoms with Gasteiger partial charge in [-0.15, -0.1) is 12.4 Å². The molecule has 0 aromatic heterocycles. The second-order valence-corrected chi connectivity index (χ2v) is 5.13. The van der Waals surface area contributed by atoms with Gasteiger partial charge in [0.25, 0.3) is 0 Å². The minimum absolute atomic E-state index is 0. The molecule has 1 heterocycles. The molecule has 0 unspecified atom stereocenters. The van der Waals surface area contributed by atoms with E-state index >= 15 is 0 Å². The van der Waals surface area contributed by atoms with Crippen molar-refractivity contribution in [1.29, 1.82) is 0 Å². The standard InChI is InChI=1S/C14H18N2O.ClH/c1-15-9-6-13(17)16-10-14(7-8-14)11-4-2-3-5-12(11)16;/h2-5,15H,6-10H2,1H3;1H. The van der Waals surface area contributed by atoms with Crippen LogP contribution in [0, 0.1) is 0 Å². The molecule has 98 valence electrons. The van der Waals surface area contributed by atoms with E-state index in [0.29, 0.717) is 11.8 Å². The Kier molecular flexibility index (Phi) is 3.64. The SMILES string of the molecule is CNCCC(=O)N1CC2(CC2)c2ccccc21.Cl. The first-order chi connectivity index (χ1) is 8.27. The van der Waals surface area contributed by atoms with Crippen molar-refractivity contribution in [3.63, 3.8) is 0 Å². The van der Waals surface area contributed by atoms with Gasteiger partial charge in [-0.25, -0.2) is 0 Å². The summed E-state index contributed by atoms with van der Waals surface area (Å²) < 4.78 is 0. The number of nitrogens with zero attached hydrogens (tertiary/aromatic N) is 1. The van der Waals surface area contributed by atoms with Gasteiger partial charge in [0, 0.05) is 30.6 Å². The van der Waals surface area contributed by atoms with E-state index in [0.717, 1.165) is 18.8 Å². The number of amides is 1. The Labute approximate surface area is 114 Å². The summed E-state index contributed by atoms with van der Waals surface area (Å²) in [4.78, 5) is 14.2. The van der Waals surface area contributed by atoms with Gasteiger partial charge in [-0.1, -0.05) is 18.2 Å². The largest absolute Gasteiger partial charge is 0.319 e. The van der Waals surface area contributed by atoms with E-state index < -0.39 is 0 Å². The smallest absolute Gasteiger partial charge is 0.228 e. The molecule has 3 nitrogen and oxygen atoms in total. The fourth-order valence-corrected chi connectivity index (χ4v) is 2.80. The van der Waals surface area contributed by atoms with E-state index in [1.54, 1.807) is 0 Å². The molecule has 1 fully saturated rings. The lowest BCUT2D eigenvalue weighted by Crippen LogP contribution is -2.33. The summed E-state index contributed by atoms with van der Waals surface area (Å²) in [6, 6.07) is 8.38. The van der Waals surface area contributed by atoms with Crippen molar-refractivity contribution in [2.45, 2.75) is 24.7 Å². The van der Waals surface area contributed by atoms with Gasteiger partial charge in [0.05, 0.1) is 0 Å². The topological polar surface area (TPSA) is 32.3 Å². The number of fused-ring (bicyclic) bond motifs is 2. The van der Waals surface area contributed by atoms with E-state index in [2.05, 4.69) is 23.5 Å². The first-order valence-electron chi connectivity index (χ1n) is 6.31. The van der Waals surface area contributed by atoms with Crippen LogP contribution in [0.2, 0.25) is 0 Å². The fraction of sp³-hybridized carbons (Fsp3) is 0.500. The molecular weight excluding hydrogens is 248 g/mol. The van der Waals surface area contributed by atoms with Gasteiger partial charge in [-0.05, 0) is 31.5 Å². The average molecular weight is 267 g/mol. The van der Waals surface area contributed by atoms with Crippen LogP contribution in [0.1, 0.15) is 24.8 Å². The van der Waals surface area contributed by atoms with Crippen LogP contribution in [-0.2, 0) is 10.2 Å². The van der Waals surface area contributed by atoms with Crippen molar-refractivity contribution in [3.8, 4) is 0 Å². The second kappa shape index (κ2) is 4.90. The molecule has 4 heteroatoms. The van der Waals surface area contributed by atoms with Gasteiger partial charge >= 0.3 is 0 Å². The summed E-state index contributed by atoms with van der Waals surface area (Å²) in [5.41, 5.74) is 2.84.